The number of hydrogen-bond acceptors (Lipinski definition) is 6. The average molecular weight is 1140 g/mol. The first-order valence-electron chi connectivity index (χ1n) is 37.5. The molecule has 81 heavy (non-hydrogen) atoms. The number of esters is 3. The van der Waals surface area contributed by atoms with E-state index in [-0.39, 0.29) is 31.1 Å². The Labute approximate surface area is 508 Å². The number of rotatable bonds is 71. The van der Waals surface area contributed by atoms with E-state index in [0.29, 0.717) is 19.3 Å². The van der Waals surface area contributed by atoms with Crippen LogP contribution in [-0.2, 0) is 28.6 Å². The van der Waals surface area contributed by atoms with Crippen molar-refractivity contribution in [2.75, 3.05) is 13.2 Å². The fraction of sp³-hybridized carbons (Fsp3) is 0.960. The summed E-state index contributed by atoms with van der Waals surface area (Å²) in [6.07, 6.45) is 84.3. The van der Waals surface area contributed by atoms with Gasteiger partial charge in [0.2, 0.25) is 0 Å². The zero-order valence-electron chi connectivity index (χ0n) is 55.6. The maximum atomic E-state index is 13.0. The number of ether oxygens (including phenoxy) is 3. The molecule has 0 amide bonds. The van der Waals surface area contributed by atoms with Crippen LogP contribution in [0.2, 0.25) is 0 Å². The van der Waals surface area contributed by atoms with Crippen molar-refractivity contribution in [3.63, 3.8) is 0 Å². The molecule has 1 unspecified atom stereocenters. The van der Waals surface area contributed by atoms with Gasteiger partial charge in [-0.25, -0.2) is 0 Å². The summed E-state index contributed by atoms with van der Waals surface area (Å²) in [6, 6.07) is 0. The Hall–Kier alpha value is -1.59. The van der Waals surface area contributed by atoms with Crippen molar-refractivity contribution in [2.24, 2.45) is 0 Å². The molecule has 482 valence electrons. The topological polar surface area (TPSA) is 78.9 Å². The third-order valence-electron chi connectivity index (χ3n) is 17.6. The van der Waals surface area contributed by atoms with E-state index >= 15 is 0 Å². The predicted octanol–water partition coefficient (Wildman–Crippen LogP) is 25.8. The van der Waals surface area contributed by atoms with E-state index in [1.807, 2.05) is 0 Å². The van der Waals surface area contributed by atoms with Gasteiger partial charge in [-0.3, -0.25) is 14.4 Å². The van der Waals surface area contributed by atoms with Gasteiger partial charge in [0.05, 0.1) is 0 Å². The summed E-state index contributed by atoms with van der Waals surface area (Å²) in [5.41, 5.74) is 0. The Kier molecular flexibility index (Phi) is 69.5. The van der Waals surface area contributed by atoms with Crippen LogP contribution in [0, 0.1) is 0 Å². The third kappa shape index (κ3) is 69.1. The highest BCUT2D eigenvalue weighted by Gasteiger charge is 2.20. The molecule has 0 N–H and O–H groups in total. The van der Waals surface area contributed by atoms with Gasteiger partial charge in [0.25, 0.3) is 0 Å². The molecular formula is C75H146O6. The molecule has 1 atom stereocenters. The molecule has 0 saturated carbocycles. The van der Waals surface area contributed by atoms with Gasteiger partial charge in [-0.2, -0.15) is 0 Å². The normalized spacial score (nSPS) is 11.9. The van der Waals surface area contributed by atoms with Crippen LogP contribution in [0.1, 0.15) is 445 Å². The zero-order valence-corrected chi connectivity index (χ0v) is 55.6. The van der Waals surface area contributed by atoms with Crippen LogP contribution >= 0.6 is 0 Å². The monoisotopic (exact) mass is 1140 g/mol. The van der Waals surface area contributed by atoms with Gasteiger partial charge in [0.1, 0.15) is 13.2 Å². The average Bonchev–Trinajstić information content (AvgIpc) is 3.47. The summed E-state index contributed by atoms with van der Waals surface area (Å²) in [4.78, 5) is 38.6. The molecular weight excluding hydrogens is 997 g/mol. The molecule has 0 bridgehead atoms. The lowest BCUT2D eigenvalue weighted by Crippen LogP contribution is -2.30. The van der Waals surface area contributed by atoms with E-state index in [0.717, 1.165) is 57.8 Å². The fourth-order valence-electron chi connectivity index (χ4n) is 12.0. The summed E-state index contributed by atoms with van der Waals surface area (Å²) in [6.45, 7) is 6.76. The molecule has 0 aromatic carbocycles. The highest BCUT2D eigenvalue weighted by atomic mass is 16.6. The molecule has 0 aliphatic rings. The van der Waals surface area contributed by atoms with Crippen molar-refractivity contribution in [2.45, 2.75) is 451 Å². The Morgan fingerprint density at radius 3 is 0.494 bits per heavy atom. The Balaban J connectivity index is 4.25. The van der Waals surface area contributed by atoms with Crippen molar-refractivity contribution in [3.05, 3.63) is 0 Å². The molecule has 0 aromatic rings. The second-order valence-electron chi connectivity index (χ2n) is 25.9. The van der Waals surface area contributed by atoms with Gasteiger partial charge in [-0.05, 0) is 19.3 Å². The van der Waals surface area contributed by atoms with E-state index in [1.54, 1.807) is 0 Å². The van der Waals surface area contributed by atoms with E-state index in [1.165, 1.54) is 347 Å². The number of carbonyl (C=O) groups excluding carboxylic acids is 3. The highest BCUT2D eigenvalue weighted by molar-refractivity contribution is 5.71. The Bertz CT molecular complexity index is 1220. The SMILES string of the molecule is CCCCCCCCCCCCCCCCCCCCCCCCCC(=O)OCC(COC(=O)CCCCCCCCCCCCCCCCCCCCC)OC(=O)CCCCCCCCCCCCCCCCCCCCCCC. The quantitative estimate of drug-likeness (QED) is 0.0343. The minimum Gasteiger partial charge on any atom is -0.462 e. The smallest absolute Gasteiger partial charge is 0.306 e. The maximum absolute atomic E-state index is 13.0. The molecule has 0 aliphatic carbocycles. The van der Waals surface area contributed by atoms with Crippen molar-refractivity contribution >= 4 is 17.9 Å². The lowest BCUT2D eigenvalue weighted by atomic mass is 10.0. The molecule has 0 radical (unpaired) electrons. The molecule has 0 rings (SSSR count). The van der Waals surface area contributed by atoms with Gasteiger partial charge >= 0.3 is 17.9 Å². The first-order valence-corrected chi connectivity index (χ1v) is 37.5. The first-order chi connectivity index (χ1) is 40.0. The van der Waals surface area contributed by atoms with E-state index in [4.69, 9.17) is 14.2 Å². The van der Waals surface area contributed by atoms with Crippen LogP contribution in [0.4, 0.5) is 0 Å². The van der Waals surface area contributed by atoms with Gasteiger partial charge in [0.15, 0.2) is 6.10 Å². The van der Waals surface area contributed by atoms with Gasteiger partial charge < -0.3 is 14.2 Å². The van der Waals surface area contributed by atoms with Crippen LogP contribution in [0.5, 0.6) is 0 Å². The molecule has 0 saturated heterocycles. The standard InChI is InChI=1S/C75H146O6/c1-4-7-10-13-16-19-22-25-28-31-34-36-37-39-41-44-47-50-53-56-59-62-65-68-74(77)80-71-72(70-79-73(76)67-64-61-58-55-52-49-46-43-40-33-30-27-24-21-18-15-12-9-6-3)81-75(78)69-66-63-60-57-54-51-48-45-42-38-35-32-29-26-23-20-17-14-11-8-5-2/h72H,4-71H2,1-3H3. The molecule has 0 spiro atoms. The highest BCUT2D eigenvalue weighted by Crippen LogP contribution is 2.20. The lowest BCUT2D eigenvalue weighted by molar-refractivity contribution is -0.167. The van der Waals surface area contributed by atoms with Crippen LogP contribution in [0.15, 0.2) is 0 Å². The van der Waals surface area contributed by atoms with E-state index in [2.05, 4.69) is 20.8 Å². The Morgan fingerprint density at radius 2 is 0.333 bits per heavy atom. The van der Waals surface area contributed by atoms with E-state index in [9.17, 15) is 14.4 Å². The summed E-state index contributed by atoms with van der Waals surface area (Å²) in [5.74, 6) is -0.813. The Morgan fingerprint density at radius 1 is 0.198 bits per heavy atom. The summed E-state index contributed by atoms with van der Waals surface area (Å²) in [7, 11) is 0. The molecule has 0 aliphatic heterocycles. The number of unbranched alkanes of at least 4 members (excludes halogenated alkanes) is 60. The van der Waals surface area contributed by atoms with Gasteiger partial charge in [-0.1, -0.05) is 406 Å². The minimum atomic E-state index is -0.764. The summed E-state index contributed by atoms with van der Waals surface area (Å²) in [5, 5.41) is 0. The summed E-state index contributed by atoms with van der Waals surface area (Å²) >= 11 is 0. The van der Waals surface area contributed by atoms with Gasteiger partial charge in [-0.15, -0.1) is 0 Å². The maximum Gasteiger partial charge on any atom is 0.306 e. The van der Waals surface area contributed by atoms with Crippen molar-refractivity contribution in [1.29, 1.82) is 0 Å². The van der Waals surface area contributed by atoms with Crippen LogP contribution in [0.3, 0.4) is 0 Å². The van der Waals surface area contributed by atoms with Crippen molar-refractivity contribution in [1.82, 2.24) is 0 Å². The minimum absolute atomic E-state index is 0.0597. The second kappa shape index (κ2) is 70.9. The predicted molar refractivity (Wildman–Crippen MR) is 354 cm³/mol. The first kappa shape index (κ1) is 79.4. The van der Waals surface area contributed by atoms with Crippen LogP contribution in [-0.4, -0.2) is 37.2 Å². The molecule has 0 fully saturated rings. The van der Waals surface area contributed by atoms with Gasteiger partial charge in [0, 0.05) is 19.3 Å². The molecule has 6 heteroatoms. The van der Waals surface area contributed by atoms with E-state index < -0.39 is 6.10 Å². The van der Waals surface area contributed by atoms with Crippen molar-refractivity contribution in [3.8, 4) is 0 Å². The largest absolute Gasteiger partial charge is 0.462 e. The number of carbonyl (C=O) groups is 3. The second-order valence-corrected chi connectivity index (χ2v) is 25.9. The molecule has 0 heterocycles. The van der Waals surface area contributed by atoms with Crippen molar-refractivity contribution < 1.29 is 28.6 Å². The zero-order chi connectivity index (χ0) is 58.5. The molecule has 0 aromatic heterocycles. The lowest BCUT2D eigenvalue weighted by Gasteiger charge is -2.18. The van der Waals surface area contributed by atoms with Crippen LogP contribution < -0.4 is 0 Å². The fourth-order valence-corrected chi connectivity index (χ4v) is 12.0. The third-order valence-corrected chi connectivity index (χ3v) is 17.6. The molecule has 6 nitrogen and oxygen atoms in total. The number of hydrogen-bond donors (Lipinski definition) is 0. The van der Waals surface area contributed by atoms with Crippen LogP contribution in [0.25, 0.3) is 0 Å². The summed E-state index contributed by atoms with van der Waals surface area (Å²) < 4.78 is 17.1.